The lowest BCUT2D eigenvalue weighted by Crippen LogP contribution is -2.39. The molecule has 0 saturated carbocycles. The van der Waals surface area contributed by atoms with E-state index in [0.29, 0.717) is 6.61 Å². The Kier molecular flexibility index (Phi) is 4.38. The van der Waals surface area contributed by atoms with Gasteiger partial charge in [0.1, 0.15) is 29.8 Å². The summed E-state index contributed by atoms with van der Waals surface area (Å²) >= 11 is 0. The van der Waals surface area contributed by atoms with E-state index in [1.165, 1.54) is 12.8 Å². The summed E-state index contributed by atoms with van der Waals surface area (Å²) in [4.78, 5) is 13.6. The normalized spacial score (nSPS) is 25.0. The van der Waals surface area contributed by atoms with Gasteiger partial charge < -0.3 is 19.0 Å². The van der Waals surface area contributed by atoms with Crippen LogP contribution in [0.5, 0.6) is 0 Å². The Bertz CT molecular complexity index is 661. The minimum absolute atomic E-state index is 0.0397. The lowest BCUT2D eigenvalue weighted by atomic mass is 10.0. The van der Waals surface area contributed by atoms with Crippen LogP contribution in [0.3, 0.4) is 0 Å². The van der Waals surface area contributed by atoms with Gasteiger partial charge in [-0.05, 0) is 30.9 Å². The van der Waals surface area contributed by atoms with Crippen molar-refractivity contribution in [3.8, 4) is 0 Å². The molecule has 0 aliphatic carbocycles. The van der Waals surface area contributed by atoms with Crippen molar-refractivity contribution in [2.45, 2.75) is 25.9 Å². The Morgan fingerprint density at radius 3 is 2.71 bits per heavy atom. The summed E-state index contributed by atoms with van der Waals surface area (Å²) in [5.41, 5.74) is 0. The molecule has 128 valence electrons. The molecule has 6 nitrogen and oxygen atoms in total. The number of furan rings is 1. The summed E-state index contributed by atoms with van der Waals surface area (Å²) in [6, 6.07) is 5.98. The Morgan fingerprint density at radius 2 is 1.96 bits per heavy atom. The number of piperidine rings is 1. The quantitative estimate of drug-likeness (QED) is 0.863. The summed E-state index contributed by atoms with van der Waals surface area (Å²) in [7, 11) is 0. The van der Waals surface area contributed by atoms with Crippen molar-refractivity contribution in [3.05, 3.63) is 36.5 Å². The molecule has 0 aromatic carbocycles. The van der Waals surface area contributed by atoms with Gasteiger partial charge in [-0.15, -0.1) is 0 Å². The topological polar surface area (TPSA) is 54.6 Å². The van der Waals surface area contributed by atoms with E-state index in [2.05, 4.69) is 32.8 Å². The molecule has 0 amide bonds. The molecule has 2 aliphatic rings. The van der Waals surface area contributed by atoms with Crippen molar-refractivity contribution in [2.75, 3.05) is 42.6 Å². The third kappa shape index (κ3) is 3.24. The predicted octanol–water partition coefficient (Wildman–Crippen LogP) is 2.88. The maximum atomic E-state index is 5.85. The van der Waals surface area contributed by atoms with Crippen LogP contribution in [-0.4, -0.2) is 42.8 Å². The molecule has 2 aromatic rings. The summed E-state index contributed by atoms with van der Waals surface area (Å²) in [6.07, 6.45) is 5.88. The lowest BCUT2D eigenvalue weighted by Gasteiger charge is -2.34. The van der Waals surface area contributed by atoms with E-state index >= 15 is 0 Å². The van der Waals surface area contributed by atoms with Gasteiger partial charge in [0.05, 0.1) is 19.4 Å². The molecular weight excluding hydrogens is 304 g/mol. The van der Waals surface area contributed by atoms with Gasteiger partial charge in [-0.3, -0.25) is 0 Å². The Labute approximate surface area is 142 Å². The Hall–Kier alpha value is -2.08. The maximum Gasteiger partial charge on any atom is 0.134 e. The third-order valence-electron chi connectivity index (χ3n) is 4.87. The van der Waals surface area contributed by atoms with E-state index in [9.17, 15) is 0 Å². The molecule has 0 radical (unpaired) electrons. The average Bonchev–Trinajstić information content (AvgIpc) is 3.17. The fourth-order valence-electron chi connectivity index (χ4n) is 3.58. The SMILES string of the molecule is CC1CCCN(c2cc(N3CCOC(c4ccco4)C3)ncn2)C1. The van der Waals surface area contributed by atoms with E-state index in [1.54, 1.807) is 12.6 Å². The first kappa shape index (κ1) is 15.4. The lowest BCUT2D eigenvalue weighted by molar-refractivity contribution is 0.0255. The van der Waals surface area contributed by atoms with Gasteiger partial charge in [0.25, 0.3) is 0 Å². The van der Waals surface area contributed by atoms with E-state index in [-0.39, 0.29) is 6.10 Å². The standard InChI is InChI=1S/C18H24N4O2/c1-14-4-2-6-21(11-14)17-10-18(20-13-19-17)22-7-9-24-16(12-22)15-5-3-8-23-15/h3,5,8,10,13-14,16H,2,4,6-7,9,11-12H2,1H3. The highest BCUT2D eigenvalue weighted by Crippen LogP contribution is 2.28. The minimum Gasteiger partial charge on any atom is -0.467 e. The van der Waals surface area contributed by atoms with Gasteiger partial charge >= 0.3 is 0 Å². The zero-order valence-corrected chi connectivity index (χ0v) is 14.1. The summed E-state index contributed by atoms with van der Waals surface area (Å²) in [5.74, 6) is 3.60. The molecule has 4 heterocycles. The molecule has 6 heteroatoms. The van der Waals surface area contributed by atoms with Gasteiger partial charge in [-0.1, -0.05) is 6.92 Å². The number of hydrogen-bond acceptors (Lipinski definition) is 6. The van der Waals surface area contributed by atoms with Crippen molar-refractivity contribution in [2.24, 2.45) is 5.92 Å². The van der Waals surface area contributed by atoms with Crippen molar-refractivity contribution >= 4 is 11.6 Å². The summed E-state index contributed by atoms with van der Waals surface area (Å²) in [5, 5.41) is 0. The van der Waals surface area contributed by atoms with E-state index < -0.39 is 0 Å². The largest absolute Gasteiger partial charge is 0.467 e. The van der Waals surface area contributed by atoms with Crippen LogP contribution < -0.4 is 9.80 Å². The van der Waals surface area contributed by atoms with Gasteiger partial charge in [-0.25, -0.2) is 9.97 Å². The Morgan fingerprint density at radius 1 is 1.12 bits per heavy atom. The van der Waals surface area contributed by atoms with Crippen LogP contribution in [0.25, 0.3) is 0 Å². The number of nitrogens with zero attached hydrogens (tertiary/aromatic N) is 4. The van der Waals surface area contributed by atoms with Crippen LogP contribution in [-0.2, 0) is 4.74 Å². The second-order valence-corrected chi connectivity index (χ2v) is 6.75. The van der Waals surface area contributed by atoms with Gasteiger partial charge in [-0.2, -0.15) is 0 Å². The van der Waals surface area contributed by atoms with E-state index in [0.717, 1.165) is 49.5 Å². The highest BCUT2D eigenvalue weighted by Gasteiger charge is 2.26. The monoisotopic (exact) mass is 328 g/mol. The second-order valence-electron chi connectivity index (χ2n) is 6.75. The highest BCUT2D eigenvalue weighted by atomic mass is 16.5. The van der Waals surface area contributed by atoms with Crippen molar-refractivity contribution < 1.29 is 9.15 Å². The Balaban J connectivity index is 1.50. The van der Waals surface area contributed by atoms with Crippen LogP contribution in [0, 0.1) is 5.92 Å². The molecule has 2 aliphatic heterocycles. The number of anilines is 2. The van der Waals surface area contributed by atoms with Crippen LogP contribution in [0.15, 0.2) is 35.2 Å². The number of aromatic nitrogens is 2. The number of morpholine rings is 1. The smallest absolute Gasteiger partial charge is 0.134 e. The molecular formula is C18H24N4O2. The van der Waals surface area contributed by atoms with E-state index in [1.807, 2.05) is 12.1 Å². The number of ether oxygens (including phenoxy) is 1. The van der Waals surface area contributed by atoms with Gasteiger partial charge in [0.2, 0.25) is 0 Å². The van der Waals surface area contributed by atoms with Gasteiger partial charge in [0, 0.05) is 25.7 Å². The average molecular weight is 328 g/mol. The molecule has 2 unspecified atom stereocenters. The fraction of sp³-hybridized carbons (Fsp3) is 0.556. The molecule has 0 spiro atoms. The molecule has 0 N–H and O–H groups in total. The predicted molar refractivity (Wildman–Crippen MR) is 92.3 cm³/mol. The van der Waals surface area contributed by atoms with Crippen LogP contribution >= 0.6 is 0 Å². The number of rotatable bonds is 3. The summed E-state index contributed by atoms with van der Waals surface area (Å²) < 4.78 is 11.3. The van der Waals surface area contributed by atoms with Crippen LogP contribution in [0.4, 0.5) is 11.6 Å². The third-order valence-corrected chi connectivity index (χ3v) is 4.87. The van der Waals surface area contributed by atoms with Crippen molar-refractivity contribution in [3.63, 3.8) is 0 Å². The molecule has 2 fully saturated rings. The van der Waals surface area contributed by atoms with Crippen molar-refractivity contribution in [1.82, 2.24) is 9.97 Å². The van der Waals surface area contributed by atoms with Crippen LogP contribution in [0.1, 0.15) is 31.6 Å². The van der Waals surface area contributed by atoms with Crippen LogP contribution in [0.2, 0.25) is 0 Å². The second kappa shape index (κ2) is 6.81. The highest BCUT2D eigenvalue weighted by molar-refractivity contribution is 5.50. The molecule has 2 aromatic heterocycles. The molecule has 2 saturated heterocycles. The number of hydrogen-bond donors (Lipinski definition) is 0. The van der Waals surface area contributed by atoms with E-state index in [4.69, 9.17) is 9.15 Å². The molecule has 24 heavy (non-hydrogen) atoms. The van der Waals surface area contributed by atoms with Gasteiger partial charge in [0.15, 0.2) is 0 Å². The molecule has 2 atom stereocenters. The minimum atomic E-state index is -0.0397. The first-order valence-electron chi connectivity index (χ1n) is 8.76. The molecule has 4 rings (SSSR count). The van der Waals surface area contributed by atoms with Crippen molar-refractivity contribution in [1.29, 1.82) is 0 Å². The summed E-state index contributed by atoms with van der Waals surface area (Å²) in [6.45, 7) is 6.73. The molecule has 0 bridgehead atoms. The fourth-order valence-corrected chi connectivity index (χ4v) is 3.58. The zero-order valence-electron chi connectivity index (χ0n) is 14.1. The first-order chi connectivity index (χ1) is 11.8. The zero-order chi connectivity index (χ0) is 16.4. The first-order valence-corrected chi connectivity index (χ1v) is 8.76. The maximum absolute atomic E-state index is 5.85.